The van der Waals surface area contributed by atoms with Gasteiger partial charge >= 0.3 is 18.0 Å². The summed E-state index contributed by atoms with van der Waals surface area (Å²) >= 11 is 1.40. The van der Waals surface area contributed by atoms with Crippen LogP contribution in [0.5, 0.6) is 0 Å². The van der Waals surface area contributed by atoms with E-state index in [0.29, 0.717) is 17.9 Å². The highest BCUT2D eigenvalue weighted by molar-refractivity contribution is 7.98. The van der Waals surface area contributed by atoms with Gasteiger partial charge in [0, 0.05) is 29.3 Å². The first-order chi connectivity index (χ1) is 17.3. The molecule has 210 valence electrons. The lowest BCUT2D eigenvalue weighted by Gasteiger charge is -2.30. The molecule has 0 aliphatic rings. The molecule has 15 heteroatoms. The molecule has 2 aromatic rings. The van der Waals surface area contributed by atoms with Crippen molar-refractivity contribution in [2.45, 2.75) is 42.8 Å². The van der Waals surface area contributed by atoms with Crippen molar-refractivity contribution in [1.29, 1.82) is 0 Å². The molecule has 38 heavy (non-hydrogen) atoms. The van der Waals surface area contributed by atoms with Gasteiger partial charge in [-0.1, -0.05) is 18.2 Å². The number of rotatable bonds is 8. The molecule has 0 aliphatic carbocycles. The first kappa shape index (κ1) is 31.4. The van der Waals surface area contributed by atoms with Crippen LogP contribution in [-0.2, 0) is 15.5 Å². The molecule has 2 aromatic carbocycles. The van der Waals surface area contributed by atoms with Gasteiger partial charge in [0.15, 0.2) is 9.84 Å². The molecule has 2 amide bonds. The van der Waals surface area contributed by atoms with Crippen LogP contribution in [-0.4, -0.2) is 56.9 Å². The number of anilines is 1. The molecule has 0 radical (unpaired) electrons. The smallest absolute Gasteiger partial charge is 0.349 e. The highest BCUT2D eigenvalue weighted by atomic mass is 32.2. The van der Waals surface area contributed by atoms with E-state index in [0.717, 1.165) is 25.3 Å². The van der Waals surface area contributed by atoms with Crippen molar-refractivity contribution in [3.05, 3.63) is 58.7 Å². The van der Waals surface area contributed by atoms with Crippen LogP contribution in [0, 0.1) is 6.92 Å². The third-order valence-corrected chi connectivity index (χ3v) is 7.32. The number of aryl methyl sites for hydroxylation is 1. The number of amides is 2. The summed E-state index contributed by atoms with van der Waals surface area (Å²) in [6.07, 6.45) is -10.0. The summed E-state index contributed by atoms with van der Waals surface area (Å²) in [5.41, 5.74) is -8.96. The van der Waals surface area contributed by atoms with Gasteiger partial charge in [-0.3, -0.25) is 9.59 Å². The van der Waals surface area contributed by atoms with Crippen LogP contribution >= 0.6 is 11.8 Å². The van der Waals surface area contributed by atoms with Crippen molar-refractivity contribution in [3.63, 3.8) is 0 Å². The fourth-order valence-electron chi connectivity index (χ4n) is 3.55. The van der Waals surface area contributed by atoms with E-state index in [1.54, 1.807) is 13.2 Å². The van der Waals surface area contributed by atoms with Gasteiger partial charge in [0.1, 0.15) is 0 Å². The van der Waals surface area contributed by atoms with Crippen LogP contribution in [0.25, 0.3) is 0 Å². The summed E-state index contributed by atoms with van der Waals surface area (Å²) in [4.78, 5) is 25.6. The number of thioether (sulfide) groups is 1. The Labute approximate surface area is 218 Å². The van der Waals surface area contributed by atoms with Gasteiger partial charge in [0.05, 0.1) is 16.0 Å². The van der Waals surface area contributed by atoms with Gasteiger partial charge in [-0.15, -0.1) is 0 Å². The summed E-state index contributed by atoms with van der Waals surface area (Å²) in [5.74, 6) is -1.50. The summed E-state index contributed by atoms with van der Waals surface area (Å²) < 4.78 is 118. The maximum absolute atomic E-state index is 14.4. The number of benzene rings is 2. The van der Waals surface area contributed by atoms with Gasteiger partial charge in [0.25, 0.3) is 11.8 Å². The van der Waals surface area contributed by atoms with Crippen LogP contribution in [0.15, 0.2) is 41.3 Å². The van der Waals surface area contributed by atoms with Crippen molar-refractivity contribution < 1.29 is 48.7 Å². The van der Waals surface area contributed by atoms with Crippen molar-refractivity contribution in [3.8, 4) is 0 Å². The number of carbonyl (C=O) groups excluding carboxylic acids is 2. The zero-order chi connectivity index (χ0) is 29.3. The maximum atomic E-state index is 14.4. The number of alkyl halides is 7. The Morgan fingerprint density at radius 3 is 2.03 bits per heavy atom. The molecular formula is C23H23F7N2O4S2. The molecule has 2 N–H and O–H groups in total. The number of carbonyl (C=O) groups is 2. The summed E-state index contributed by atoms with van der Waals surface area (Å²) in [5, 5.41) is 4.81. The Hall–Kier alpha value is -2.81. The van der Waals surface area contributed by atoms with E-state index < -0.39 is 67.3 Å². The van der Waals surface area contributed by atoms with Gasteiger partial charge in [0.2, 0.25) is 0 Å². The predicted octanol–water partition coefficient (Wildman–Crippen LogP) is 5.42. The molecule has 0 aliphatic heterocycles. The summed E-state index contributed by atoms with van der Waals surface area (Å²) in [6, 6.07) is 4.17. The van der Waals surface area contributed by atoms with Crippen LogP contribution < -0.4 is 10.6 Å². The van der Waals surface area contributed by atoms with Crippen molar-refractivity contribution >= 4 is 39.1 Å². The Bertz CT molecular complexity index is 1310. The van der Waals surface area contributed by atoms with E-state index >= 15 is 0 Å². The zero-order valence-corrected chi connectivity index (χ0v) is 22.0. The Kier molecular flexibility index (Phi) is 9.19. The van der Waals surface area contributed by atoms with Crippen LogP contribution in [0.4, 0.5) is 36.4 Å². The molecule has 0 aromatic heterocycles. The number of nitrogens with one attached hydrogen (secondary N) is 2. The second kappa shape index (κ2) is 11.1. The fraction of sp³-hybridized carbons (Fsp3) is 0.391. The molecule has 2 rings (SSSR count). The molecule has 6 nitrogen and oxygen atoms in total. The molecule has 0 spiro atoms. The maximum Gasteiger partial charge on any atom is 0.435 e. The quantitative estimate of drug-likeness (QED) is 0.402. The molecule has 1 unspecified atom stereocenters. The standard InChI is InChI=1S/C23H23F7N2O4S2/c1-12-10-14(21(24,22(25,26)27)23(28,29)30)8-9-16(12)32-19(33)15-6-5-7-17(38(4,35)36)18(15)20(34)31-13(2)11-37-3/h5-10,13H,11H2,1-4H3,(H,31,34)(H,32,33). The predicted molar refractivity (Wildman–Crippen MR) is 129 cm³/mol. The molecule has 0 saturated carbocycles. The minimum Gasteiger partial charge on any atom is -0.349 e. The second-order valence-electron chi connectivity index (χ2n) is 8.42. The topological polar surface area (TPSA) is 92.3 Å². The fourth-order valence-corrected chi connectivity index (χ4v) is 5.03. The third kappa shape index (κ3) is 6.42. The SMILES string of the molecule is CSCC(C)NC(=O)c1c(C(=O)Nc2ccc(C(F)(C(F)(F)F)C(F)(F)F)cc2C)cccc1S(C)(=O)=O. The van der Waals surface area contributed by atoms with E-state index in [1.165, 1.54) is 17.8 Å². The zero-order valence-electron chi connectivity index (χ0n) is 20.3. The van der Waals surface area contributed by atoms with E-state index in [4.69, 9.17) is 0 Å². The van der Waals surface area contributed by atoms with Gasteiger partial charge in [-0.05, 0) is 43.9 Å². The van der Waals surface area contributed by atoms with Crippen molar-refractivity contribution in [2.24, 2.45) is 0 Å². The lowest BCUT2D eigenvalue weighted by molar-refractivity contribution is -0.348. The van der Waals surface area contributed by atoms with Crippen LogP contribution in [0.3, 0.4) is 0 Å². The van der Waals surface area contributed by atoms with Crippen molar-refractivity contribution in [1.82, 2.24) is 5.32 Å². The minimum atomic E-state index is -6.32. The van der Waals surface area contributed by atoms with E-state index in [1.807, 2.05) is 0 Å². The number of hydrogen-bond acceptors (Lipinski definition) is 5. The van der Waals surface area contributed by atoms with Gasteiger partial charge < -0.3 is 10.6 Å². The molecule has 0 heterocycles. The van der Waals surface area contributed by atoms with E-state index in [9.17, 15) is 48.7 Å². The number of halogens is 7. The van der Waals surface area contributed by atoms with Crippen LogP contribution in [0.1, 0.15) is 38.8 Å². The lowest BCUT2D eigenvalue weighted by atomic mass is 9.92. The monoisotopic (exact) mass is 588 g/mol. The Balaban J connectivity index is 2.55. The third-order valence-electron chi connectivity index (χ3n) is 5.35. The van der Waals surface area contributed by atoms with Gasteiger partial charge in [-0.2, -0.15) is 38.1 Å². The average Bonchev–Trinajstić information content (AvgIpc) is 2.77. The first-order valence-electron chi connectivity index (χ1n) is 10.6. The average molecular weight is 589 g/mol. The lowest BCUT2D eigenvalue weighted by Crippen LogP contribution is -2.50. The molecule has 0 saturated heterocycles. The highest BCUT2D eigenvalue weighted by Gasteiger charge is 2.73. The van der Waals surface area contributed by atoms with Crippen LogP contribution in [0.2, 0.25) is 0 Å². The molecular weight excluding hydrogens is 565 g/mol. The van der Waals surface area contributed by atoms with Crippen molar-refractivity contribution in [2.75, 3.05) is 23.6 Å². The first-order valence-corrected chi connectivity index (χ1v) is 13.9. The van der Waals surface area contributed by atoms with Gasteiger partial charge in [-0.25, -0.2) is 12.8 Å². The Morgan fingerprint density at radius 1 is 0.974 bits per heavy atom. The minimum absolute atomic E-state index is 0.230. The Morgan fingerprint density at radius 2 is 1.55 bits per heavy atom. The molecule has 0 fully saturated rings. The highest BCUT2D eigenvalue weighted by Crippen LogP contribution is 2.53. The number of hydrogen-bond donors (Lipinski definition) is 2. The largest absolute Gasteiger partial charge is 0.435 e. The number of sulfone groups is 1. The van der Waals surface area contributed by atoms with E-state index in [-0.39, 0.29) is 17.3 Å². The molecule has 1 atom stereocenters. The summed E-state index contributed by atoms with van der Waals surface area (Å²) in [7, 11) is -4.01. The normalized spacial score (nSPS) is 13.7. The second-order valence-corrected chi connectivity index (χ2v) is 11.3. The summed E-state index contributed by atoms with van der Waals surface area (Å²) in [6.45, 7) is 2.69. The molecule has 0 bridgehead atoms. The van der Waals surface area contributed by atoms with E-state index in [2.05, 4.69) is 10.6 Å².